The van der Waals surface area contributed by atoms with E-state index in [1.54, 1.807) is 7.11 Å². The van der Waals surface area contributed by atoms with Crippen LogP contribution in [0.4, 0.5) is 5.69 Å². The molecule has 0 unspecified atom stereocenters. The zero-order valence-electron chi connectivity index (χ0n) is 10.2. The van der Waals surface area contributed by atoms with Crippen molar-refractivity contribution >= 4 is 16.6 Å². The molecule has 0 atom stereocenters. The van der Waals surface area contributed by atoms with Gasteiger partial charge in [-0.05, 0) is 12.1 Å². The van der Waals surface area contributed by atoms with Gasteiger partial charge in [-0.1, -0.05) is 20.8 Å². The van der Waals surface area contributed by atoms with Crippen LogP contribution in [0.15, 0.2) is 18.2 Å². The highest BCUT2D eigenvalue weighted by Crippen LogP contribution is 2.32. The van der Waals surface area contributed by atoms with E-state index in [0.29, 0.717) is 0 Å². The highest BCUT2D eigenvalue weighted by atomic mass is 16.5. The van der Waals surface area contributed by atoms with Crippen LogP contribution in [0.1, 0.15) is 26.5 Å². The molecule has 0 saturated carbocycles. The first-order valence-corrected chi connectivity index (χ1v) is 5.38. The quantitative estimate of drug-likeness (QED) is 0.723. The van der Waals surface area contributed by atoms with Crippen LogP contribution < -0.4 is 10.5 Å². The Hall–Kier alpha value is -1.64. The van der Waals surface area contributed by atoms with E-state index in [0.717, 1.165) is 22.3 Å². The second-order valence-electron chi connectivity index (χ2n) is 5.12. The van der Waals surface area contributed by atoms with Gasteiger partial charge in [0.15, 0.2) is 0 Å². The van der Waals surface area contributed by atoms with E-state index >= 15 is 0 Å². The molecule has 1 aromatic heterocycles. The molecular formula is C13H18N2O. The molecule has 0 amide bonds. The smallest absolute Gasteiger partial charge is 0.144 e. The molecule has 0 spiro atoms. The lowest BCUT2D eigenvalue weighted by Gasteiger charge is -2.15. The van der Waals surface area contributed by atoms with E-state index in [1.807, 2.05) is 12.1 Å². The fraction of sp³-hybridized carbons (Fsp3) is 0.385. The Bertz CT molecular complexity index is 520. The standard InChI is InChI=1S/C13H18N2O/c1-13(2,3)11-6-8-5-9(14)7-10(16-4)12(8)15-11/h5-7,15H,14H2,1-4H3. The normalized spacial score (nSPS) is 12.0. The van der Waals surface area contributed by atoms with E-state index in [-0.39, 0.29) is 5.41 Å². The fourth-order valence-electron chi connectivity index (χ4n) is 1.80. The van der Waals surface area contributed by atoms with Crippen molar-refractivity contribution in [3.05, 3.63) is 23.9 Å². The second kappa shape index (κ2) is 3.44. The lowest BCUT2D eigenvalue weighted by atomic mass is 9.92. The predicted molar refractivity (Wildman–Crippen MR) is 68.0 cm³/mol. The molecular weight excluding hydrogens is 200 g/mol. The van der Waals surface area contributed by atoms with Gasteiger partial charge in [0.1, 0.15) is 5.75 Å². The summed E-state index contributed by atoms with van der Waals surface area (Å²) in [6, 6.07) is 5.93. The van der Waals surface area contributed by atoms with Gasteiger partial charge in [0, 0.05) is 28.2 Å². The molecule has 86 valence electrons. The Balaban J connectivity index is 2.70. The van der Waals surface area contributed by atoms with Gasteiger partial charge < -0.3 is 15.5 Å². The number of nitrogen functional groups attached to an aromatic ring is 1. The van der Waals surface area contributed by atoms with E-state index in [9.17, 15) is 0 Å². The van der Waals surface area contributed by atoms with Crippen molar-refractivity contribution in [2.24, 2.45) is 0 Å². The number of anilines is 1. The molecule has 3 N–H and O–H groups in total. The van der Waals surface area contributed by atoms with Crippen LogP contribution in [-0.4, -0.2) is 12.1 Å². The van der Waals surface area contributed by atoms with E-state index in [4.69, 9.17) is 10.5 Å². The van der Waals surface area contributed by atoms with Crippen LogP contribution in [0.2, 0.25) is 0 Å². The SMILES string of the molecule is COc1cc(N)cc2cc(C(C)(C)C)[nH]c12. The maximum atomic E-state index is 5.82. The average molecular weight is 218 g/mol. The van der Waals surface area contributed by atoms with Crippen molar-refractivity contribution in [2.45, 2.75) is 26.2 Å². The number of rotatable bonds is 1. The molecule has 0 fully saturated rings. The Morgan fingerprint density at radius 3 is 2.44 bits per heavy atom. The topological polar surface area (TPSA) is 51.0 Å². The van der Waals surface area contributed by atoms with Crippen molar-refractivity contribution in [3.8, 4) is 5.75 Å². The summed E-state index contributed by atoms with van der Waals surface area (Å²) in [6.45, 7) is 6.52. The number of fused-ring (bicyclic) bond motifs is 1. The average Bonchev–Trinajstić information content (AvgIpc) is 2.59. The number of hydrogen-bond acceptors (Lipinski definition) is 2. The van der Waals surface area contributed by atoms with Gasteiger partial charge in [0.25, 0.3) is 0 Å². The van der Waals surface area contributed by atoms with Crippen molar-refractivity contribution in [1.82, 2.24) is 4.98 Å². The molecule has 16 heavy (non-hydrogen) atoms. The number of nitrogens with two attached hydrogens (primary N) is 1. The van der Waals surface area contributed by atoms with E-state index < -0.39 is 0 Å². The number of methoxy groups -OCH3 is 1. The molecule has 2 rings (SSSR count). The number of benzene rings is 1. The van der Waals surface area contributed by atoms with Crippen LogP contribution in [-0.2, 0) is 5.41 Å². The zero-order valence-corrected chi connectivity index (χ0v) is 10.2. The van der Waals surface area contributed by atoms with Gasteiger partial charge in [-0.25, -0.2) is 0 Å². The molecule has 1 aromatic carbocycles. The molecule has 0 radical (unpaired) electrons. The van der Waals surface area contributed by atoms with Crippen molar-refractivity contribution in [2.75, 3.05) is 12.8 Å². The van der Waals surface area contributed by atoms with Crippen LogP contribution in [0.25, 0.3) is 10.9 Å². The number of H-pyrrole nitrogens is 1. The lowest BCUT2D eigenvalue weighted by Crippen LogP contribution is -2.11. The Kier molecular flexibility index (Phi) is 2.34. The molecule has 3 nitrogen and oxygen atoms in total. The Labute approximate surface area is 95.6 Å². The van der Waals surface area contributed by atoms with Gasteiger partial charge in [-0.15, -0.1) is 0 Å². The Morgan fingerprint density at radius 2 is 1.88 bits per heavy atom. The molecule has 2 aromatic rings. The van der Waals surface area contributed by atoms with Gasteiger partial charge in [-0.2, -0.15) is 0 Å². The van der Waals surface area contributed by atoms with Crippen LogP contribution >= 0.6 is 0 Å². The summed E-state index contributed by atoms with van der Waals surface area (Å²) in [6.07, 6.45) is 0. The largest absolute Gasteiger partial charge is 0.494 e. The van der Waals surface area contributed by atoms with Crippen LogP contribution in [0, 0.1) is 0 Å². The zero-order chi connectivity index (χ0) is 11.9. The molecule has 0 aliphatic rings. The van der Waals surface area contributed by atoms with Crippen molar-refractivity contribution in [3.63, 3.8) is 0 Å². The minimum absolute atomic E-state index is 0.0960. The second-order valence-corrected chi connectivity index (χ2v) is 5.12. The first-order chi connectivity index (χ1) is 7.41. The fourth-order valence-corrected chi connectivity index (χ4v) is 1.80. The number of aromatic nitrogens is 1. The van der Waals surface area contributed by atoms with Crippen LogP contribution in [0.5, 0.6) is 5.75 Å². The maximum Gasteiger partial charge on any atom is 0.144 e. The molecule has 0 aliphatic heterocycles. The summed E-state index contributed by atoms with van der Waals surface area (Å²) < 4.78 is 5.32. The Morgan fingerprint density at radius 1 is 1.19 bits per heavy atom. The molecule has 1 heterocycles. The third-order valence-corrected chi connectivity index (χ3v) is 2.74. The summed E-state index contributed by atoms with van der Waals surface area (Å²) in [4.78, 5) is 3.40. The van der Waals surface area contributed by atoms with Crippen LogP contribution in [0.3, 0.4) is 0 Å². The third kappa shape index (κ3) is 1.73. The van der Waals surface area contributed by atoms with Crippen molar-refractivity contribution in [1.29, 1.82) is 0 Å². The molecule has 0 saturated heterocycles. The molecule has 0 bridgehead atoms. The highest BCUT2D eigenvalue weighted by Gasteiger charge is 2.17. The predicted octanol–water partition coefficient (Wildman–Crippen LogP) is 3.06. The summed E-state index contributed by atoms with van der Waals surface area (Å²) in [5.41, 5.74) is 8.85. The maximum absolute atomic E-state index is 5.82. The molecule has 3 heteroatoms. The van der Waals surface area contributed by atoms with Crippen molar-refractivity contribution < 1.29 is 4.74 Å². The van der Waals surface area contributed by atoms with Gasteiger partial charge in [-0.3, -0.25) is 0 Å². The first-order valence-electron chi connectivity index (χ1n) is 5.38. The lowest BCUT2D eigenvalue weighted by molar-refractivity contribution is 0.419. The van der Waals surface area contributed by atoms with E-state index in [1.165, 1.54) is 5.69 Å². The summed E-state index contributed by atoms with van der Waals surface area (Å²) in [5.74, 6) is 0.797. The first kappa shape index (κ1) is 10.9. The van der Waals surface area contributed by atoms with Gasteiger partial charge in [0.05, 0.1) is 12.6 Å². The van der Waals surface area contributed by atoms with Gasteiger partial charge in [0.2, 0.25) is 0 Å². The number of aromatic amines is 1. The highest BCUT2D eigenvalue weighted by molar-refractivity contribution is 5.89. The minimum Gasteiger partial charge on any atom is -0.494 e. The number of nitrogens with one attached hydrogen (secondary N) is 1. The molecule has 0 aliphatic carbocycles. The summed E-state index contributed by atoms with van der Waals surface area (Å²) >= 11 is 0. The third-order valence-electron chi connectivity index (χ3n) is 2.74. The summed E-state index contributed by atoms with van der Waals surface area (Å²) in [7, 11) is 1.66. The van der Waals surface area contributed by atoms with Gasteiger partial charge >= 0.3 is 0 Å². The van der Waals surface area contributed by atoms with E-state index in [2.05, 4.69) is 31.8 Å². The number of ether oxygens (including phenoxy) is 1. The summed E-state index contributed by atoms with van der Waals surface area (Å²) in [5, 5.41) is 1.10. The number of hydrogen-bond donors (Lipinski definition) is 2. The monoisotopic (exact) mass is 218 g/mol. The minimum atomic E-state index is 0.0960.